The molecular weight excluding hydrogens is 429 g/mol. The molecule has 9 heteroatoms. The van der Waals surface area contributed by atoms with Crippen molar-refractivity contribution < 1.29 is 28.7 Å². The number of hydrogen-bond acceptors (Lipinski definition) is 4. The van der Waals surface area contributed by atoms with Crippen molar-refractivity contribution in [3.8, 4) is 11.1 Å². The summed E-state index contributed by atoms with van der Waals surface area (Å²) in [5.41, 5.74) is 3.14. The molecule has 0 radical (unpaired) electrons. The van der Waals surface area contributed by atoms with Crippen molar-refractivity contribution in [1.82, 2.24) is 15.5 Å². The van der Waals surface area contributed by atoms with Crippen molar-refractivity contribution in [3.63, 3.8) is 0 Å². The van der Waals surface area contributed by atoms with E-state index in [2.05, 4.69) is 10.6 Å². The Balaban J connectivity index is 1.93. The molecule has 33 heavy (non-hydrogen) atoms. The maximum Gasteiger partial charge on any atom is 0.316 e. The van der Waals surface area contributed by atoms with Gasteiger partial charge in [-0.2, -0.15) is 0 Å². The van der Waals surface area contributed by atoms with E-state index in [0.29, 0.717) is 11.1 Å². The smallest absolute Gasteiger partial charge is 0.316 e. The summed E-state index contributed by atoms with van der Waals surface area (Å²) in [6, 6.07) is 6.46. The minimum Gasteiger partial charge on any atom is -0.481 e. The lowest BCUT2D eigenvalue weighted by Crippen LogP contribution is -2.55. The van der Waals surface area contributed by atoms with E-state index in [1.165, 1.54) is 25.4 Å². The average molecular weight is 453 g/mol. The van der Waals surface area contributed by atoms with Crippen molar-refractivity contribution in [1.29, 1.82) is 0 Å². The lowest BCUT2D eigenvalue weighted by Gasteiger charge is -2.26. The number of urea groups is 1. The highest BCUT2D eigenvalue weighted by atomic mass is 19.1. The highest BCUT2D eigenvalue weighted by Crippen LogP contribution is 2.33. The number of rotatable bonds is 6. The zero-order valence-corrected chi connectivity index (χ0v) is 18.4. The van der Waals surface area contributed by atoms with Crippen molar-refractivity contribution in [3.05, 3.63) is 71.2 Å². The number of nitrogens with zero attached hydrogens (tertiary/aromatic N) is 1. The number of likely N-dealkylation sites (N-methyl/N-ethyl adjacent to an activating group) is 1. The second-order valence-electron chi connectivity index (χ2n) is 7.85. The van der Waals surface area contributed by atoms with E-state index in [1.54, 1.807) is 6.92 Å². The molecule has 0 bridgehead atoms. The second-order valence-corrected chi connectivity index (χ2v) is 7.85. The Morgan fingerprint density at radius 1 is 1.15 bits per heavy atom. The number of benzene rings is 2. The molecule has 3 rings (SSSR count). The van der Waals surface area contributed by atoms with Crippen LogP contribution in [0.5, 0.6) is 0 Å². The highest BCUT2D eigenvalue weighted by molar-refractivity contribution is 6.14. The third kappa shape index (κ3) is 5.25. The van der Waals surface area contributed by atoms with Crippen molar-refractivity contribution >= 4 is 23.7 Å². The molecule has 2 aromatic rings. The lowest BCUT2D eigenvalue weighted by atomic mass is 9.90. The summed E-state index contributed by atoms with van der Waals surface area (Å²) in [7, 11) is 1.44. The fourth-order valence-electron chi connectivity index (χ4n) is 3.77. The molecule has 1 aliphatic heterocycles. The summed E-state index contributed by atoms with van der Waals surface area (Å²) in [6.07, 6.45) is 1.92. The van der Waals surface area contributed by atoms with E-state index in [4.69, 9.17) is 0 Å². The van der Waals surface area contributed by atoms with E-state index >= 15 is 0 Å². The van der Waals surface area contributed by atoms with Gasteiger partial charge >= 0.3 is 12.0 Å². The van der Waals surface area contributed by atoms with Gasteiger partial charge < -0.3 is 20.6 Å². The average Bonchev–Trinajstić information content (AvgIpc) is 2.75. The van der Waals surface area contributed by atoms with Crippen LogP contribution in [0.25, 0.3) is 11.1 Å². The monoisotopic (exact) mass is 453 g/mol. The predicted molar refractivity (Wildman–Crippen MR) is 119 cm³/mol. The van der Waals surface area contributed by atoms with Crippen molar-refractivity contribution in [2.45, 2.75) is 32.4 Å². The first-order valence-electron chi connectivity index (χ1n) is 10.2. The van der Waals surface area contributed by atoms with Gasteiger partial charge in [0.25, 0.3) is 5.91 Å². The molecule has 1 heterocycles. The van der Waals surface area contributed by atoms with Gasteiger partial charge in [-0.15, -0.1) is 0 Å². The van der Waals surface area contributed by atoms with Crippen molar-refractivity contribution in [2.24, 2.45) is 0 Å². The molecule has 2 atom stereocenters. The Kier molecular flexibility index (Phi) is 6.91. The first-order chi connectivity index (χ1) is 15.6. The molecule has 2 aromatic carbocycles. The molecule has 3 N–H and O–H groups in total. The quantitative estimate of drug-likeness (QED) is 0.582. The third-order valence-electron chi connectivity index (χ3n) is 5.52. The van der Waals surface area contributed by atoms with Gasteiger partial charge in [0.1, 0.15) is 5.82 Å². The molecule has 1 aliphatic rings. The van der Waals surface area contributed by atoms with Crippen LogP contribution in [0.15, 0.2) is 48.7 Å². The van der Waals surface area contributed by atoms with Gasteiger partial charge in [-0.1, -0.05) is 24.3 Å². The first kappa shape index (κ1) is 23.6. The number of carbonyl (C=O) groups excluding carboxylic acids is 3. The van der Waals surface area contributed by atoms with E-state index in [-0.39, 0.29) is 5.56 Å². The van der Waals surface area contributed by atoms with Crippen LogP contribution in [0.1, 0.15) is 29.2 Å². The molecule has 2 unspecified atom stereocenters. The van der Waals surface area contributed by atoms with Gasteiger partial charge in [-0.3, -0.25) is 14.4 Å². The minimum atomic E-state index is -1.43. The van der Waals surface area contributed by atoms with Gasteiger partial charge in [-0.05, 0) is 53.8 Å². The molecular formula is C24H24FN3O5. The van der Waals surface area contributed by atoms with E-state index in [9.17, 15) is 28.7 Å². The number of aliphatic carboxylic acids is 1. The summed E-state index contributed by atoms with van der Waals surface area (Å²) in [4.78, 5) is 49.5. The largest absolute Gasteiger partial charge is 0.481 e. The number of carboxylic acids is 1. The Morgan fingerprint density at radius 3 is 2.52 bits per heavy atom. The number of halogens is 1. The van der Waals surface area contributed by atoms with E-state index in [0.717, 1.165) is 22.1 Å². The summed E-state index contributed by atoms with van der Waals surface area (Å²) in [6.45, 7) is 3.60. The van der Waals surface area contributed by atoms with Crippen LogP contribution in [-0.4, -0.2) is 46.8 Å². The van der Waals surface area contributed by atoms with Gasteiger partial charge in [0.05, 0.1) is 12.5 Å². The molecule has 172 valence electrons. The second kappa shape index (κ2) is 9.64. The third-order valence-corrected chi connectivity index (χ3v) is 5.52. The number of nitrogens with one attached hydrogen (secondary N) is 2. The van der Waals surface area contributed by atoms with Crippen LogP contribution in [0.2, 0.25) is 0 Å². The standard InChI is InChI=1S/C24H24FN3O5/c1-13-6-4-5-7-16(13)17-10-15(25)11-18(14(17)2)19(12-21(30)31)26-24(33)27-22-20(29)8-9-28(3)23(22)32/h4-11,19,22H,12H2,1-3H3,(H,30,31)(H2,26,27,33). The first-order valence-corrected chi connectivity index (χ1v) is 10.2. The number of ketones is 1. The fraction of sp³-hybridized carbons (Fsp3) is 0.250. The number of amides is 3. The zero-order valence-electron chi connectivity index (χ0n) is 18.4. The lowest BCUT2D eigenvalue weighted by molar-refractivity contribution is -0.138. The number of aryl methyl sites for hydroxylation is 1. The Bertz CT molecular complexity index is 1160. The SMILES string of the molecule is Cc1ccccc1-c1cc(F)cc(C(CC(=O)O)NC(=O)NC2C(=O)C=CN(C)C2=O)c1C. The van der Waals surface area contributed by atoms with Crippen LogP contribution in [0.3, 0.4) is 0 Å². The van der Waals surface area contributed by atoms with Crippen LogP contribution in [-0.2, 0) is 14.4 Å². The summed E-state index contributed by atoms with van der Waals surface area (Å²) >= 11 is 0. The maximum absolute atomic E-state index is 14.6. The van der Waals surface area contributed by atoms with Gasteiger partial charge in [-0.25, -0.2) is 9.18 Å². The van der Waals surface area contributed by atoms with E-state index in [1.807, 2.05) is 31.2 Å². The van der Waals surface area contributed by atoms with Crippen molar-refractivity contribution in [2.75, 3.05) is 7.05 Å². The Labute approximate surface area is 190 Å². The molecule has 0 aromatic heterocycles. The highest BCUT2D eigenvalue weighted by Gasteiger charge is 2.33. The zero-order chi connectivity index (χ0) is 24.3. The number of carbonyl (C=O) groups is 4. The predicted octanol–water partition coefficient (Wildman–Crippen LogP) is 2.85. The molecule has 0 spiro atoms. The molecule has 0 saturated carbocycles. The molecule has 0 aliphatic carbocycles. The molecule has 3 amide bonds. The normalized spacial score (nSPS) is 16.5. The summed E-state index contributed by atoms with van der Waals surface area (Å²) < 4.78 is 14.6. The van der Waals surface area contributed by atoms with Gasteiger partial charge in [0.2, 0.25) is 0 Å². The van der Waals surface area contributed by atoms with Gasteiger partial charge in [0, 0.05) is 19.3 Å². The molecule has 0 fully saturated rings. The number of carboxylic acid groups (broad SMARTS) is 1. The Hall–Kier alpha value is -4.01. The molecule has 8 nitrogen and oxygen atoms in total. The summed E-state index contributed by atoms with van der Waals surface area (Å²) in [5.74, 6) is -3.03. The molecule has 0 saturated heterocycles. The summed E-state index contributed by atoms with van der Waals surface area (Å²) in [5, 5.41) is 14.2. The Morgan fingerprint density at radius 2 is 1.85 bits per heavy atom. The van der Waals surface area contributed by atoms with Crippen LogP contribution < -0.4 is 10.6 Å². The topological polar surface area (TPSA) is 116 Å². The fourth-order valence-corrected chi connectivity index (χ4v) is 3.77. The minimum absolute atomic E-state index is 0.282. The van der Waals surface area contributed by atoms with Crippen LogP contribution in [0, 0.1) is 19.7 Å². The van der Waals surface area contributed by atoms with Gasteiger partial charge in [0.15, 0.2) is 11.8 Å². The number of hydrogen-bond donors (Lipinski definition) is 3. The van der Waals surface area contributed by atoms with Crippen LogP contribution >= 0.6 is 0 Å². The van der Waals surface area contributed by atoms with E-state index < -0.39 is 48.0 Å². The maximum atomic E-state index is 14.6. The van der Waals surface area contributed by atoms with Crippen LogP contribution in [0.4, 0.5) is 9.18 Å².